The molecule has 3 aromatic rings. The molecule has 0 fully saturated rings. The highest BCUT2D eigenvalue weighted by Gasteiger charge is 2.19. The SMILES string of the molecule is CN(C)S(=O)(=O)c1cccc(C(=O)NNC(=O)c2cccc(OCc3cccc(Cl)c3)c2)c1. The van der Waals surface area contributed by atoms with Crippen molar-refractivity contribution in [3.63, 3.8) is 0 Å². The fraction of sp³-hybridized carbons (Fsp3) is 0.130. The Balaban J connectivity index is 1.62. The van der Waals surface area contributed by atoms with Crippen molar-refractivity contribution in [2.75, 3.05) is 14.1 Å². The molecule has 0 unspecified atom stereocenters. The minimum Gasteiger partial charge on any atom is -0.489 e. The van der Waals surface area contributed by atoms with Gasteiger partial charge in [-0.1, -0.05) is 35.9 Å². The zero-order valence-corrected chi connectivity index (χ0v) is 19.5. The van der Waals surface area contributed by atoms with Gasteiger partial charge in [-0.25, -0.2) is 12.7 Å². The number of carbonyl (C=O) groups excluding carboxylic acids is 2. The first-order valence-electron chi connectivity index (χ1n) is 9.77. The molecule has 0 aromatic heterocycles. The summed E-state index contributed by atoms with van der Waals surface area (Å²) in [5.41, 5.74) is 5.83. The molecule has 0 aliphatic heterocycles. The number of sulfonamides is 1. The Morgan fingerprint density at radius 3 is 2.12 bits per heavy atom. The number of amides is 2. The van der Waals surface area contributed by atoms with Crippen molar-refractivity contribution in [1.82, 2.24) is 15.2 Å². The molecule has 0 radical (unpaired) electrons. The monoisotopic (exact) mass is 487 g/mol. The number of halogens is 1. The van der Waals surface area contributed by atoms with Crippen LogP contribution in [0.4, 0.5) is 0 Å². The highest BCUT2D eigenvalue weighted by molar-refractivity contribution is 7.89. The van der Waals surface area contributed by atoms with Crippen LogP contribution in [-0.2, 0) is 16.6 Å². The Bertz CT molecular complexity index is 1280. The quantitative estimate of drug-likeness (QED) is 0.498. The lowest BCUT2D eigenvalue weighted by Gasteiger charge is -2.13. The van der Waals surface area contributed by atoms with Crippen molar-refractivity contribution in [3.05, 3.63) is 94.5 Å². The molecule has 0 bridgehead atoms. The fourth-order valence-electron chi connectivity index (χ4n) is 2.79. The summed E-state index contributed by atoms with van der Waals surface area (Å²) < 4.78 is 31.3. The molecule has 0 spiro atoms. The van der Waals surface area contributed by atoms with Gasteiger partial charge in [0.05, 0.1) is 4.90 Å². The van der Waals surface area contributed by atoms with Crippen LogP contribution in [0.15, 0.2) is 77.7 Å². The Labute approximate surface area is 197 Å². The van der Waals surface area contributed by atoms with E-state index in [-0.39, 0.29) is 22.6 Å². The number of ether oxygens (including phenoxy) is 1. The lowest BCUT2D eigenvalue weighted by Crippen LogP contribution is -2.41. The van der Waals surface area contributed by atoms with Crippen molar-refractivity contribution in [2.24, 2.45) is 0 Å². The van der Waals surface area contributed by atoms with Gasteiger partial charge in [0.2, 0.25) is 10.0 Å². The number of nitrogens with zero attached hydrogens (tertiary/aromatic N) is 1. The normalized spacial score (nSPS) is 11.2. The molecule has 33 heavy (non-hydrogen) atoms. The largest absolute Gasteiger partial charge is 0.489 e. The van der Waals surface area contributed by atoms with Crippen LogP contribution < -0.4 is 15.6 Å². The van der Waals surface area contributed by atoms with Gasteiger partial charge in [-0.05, 0) is 54.1 Å². The van der Waals surface area contributed by atoms with Crippen molar-refractivity contribution < 1.29 is 22.7 Å². The second-order valence-corrected chi connectivity index (χ2v) is 9.76. The molecule has 0 saturated heterocycles. The summed E-state index contributed by atoms with van der Waals surface area (Å²) in [4.78, 5) is 24.8. The fourth-order valence-corrected chi connectivity index (χ4v) is 3.95. The summed E-state index contributed by atoms with van der Waals surface area (Å²) >= 11 is 5.97. The van der Waals surface area contributed by atoms with Gasteiger partial charge < -0.3 is 4.74 Å². The summed E-state index contributed by atoms with van der Waals surface area (Å²) in [5, 5.41) is 0.602. The summed E-state index contributed by atoms with van der Waals surface area (Å²) in [6.45, 7) is 0.272. The molecule has 3 aromatic carbocycles. The lowest BCUT2D eigenvalue weighted by atomic mass is 10.2. The Hall–Kier alpha value is -3.40. The van der Waals surface area contributed by atoms with Gasteiger partial charge in [0.25, 0.3) is 11.8 Å². The number of hydrogen-bond donors (Lipinski definition) is 2. The Morgan fingerprint density at radius 2 is 1.48 bits per heavy atom. The van der Waals surface area contributed by atoms with Gasteiger partial charge in [0.15, 0.2) is 0 Å². The molecule has 0 aliphatic rings. The summed E-state index contributed by atoms with van der Waals surface area (Å²) in [5.74, 6) is -0.753. The molecule has 2 amide bonds. The third-order valence-corrected chi connectivity index (χ3v) is 6.60. The van der Waals surface area contributed by atoms with Crippen molar-refractivity contribution in [2.45, 2.75) is 11.5 Å². The van der Waals surface area contributed by atoms with E-state index in [4.69, 9.17) is 16.3 Å². The minimum absolute atomic E-state index is 0.0315. The molecular weight excluding hydrogens is 466 g/mol. The van der Waals surface area contributed by atoms with E-state index in [9.17, 15) is 18.0 Å². The van der Waals surface area contributed by atoms with E-state index in [2.05, 4.69) is 10.9 Å². The minimum atomic E-state index is -3.70. The number of carbonyl (C=O) groups is 2. The summed E-state index contributed by atoms with van der Waals surface area (Å²) in [7, 11) is -0.899. The van der Waals surface area contributed by atoms with Gasteiger partial charge in [-0.3, -0.25) is 20.4 Å². The second-order valence-electron chi connectivity index (χ2n) is 7.17. The third-order valence-electron chi connectivity index (χ3n) is 4.56. The third kappa shape index (κ3) is 6.32. The molecule has 8 nitrogen and oxygen atoms in total. The molecule has 0 saturated carbocycles. The van der Waals surface area contributed by atoms with Crippen LogP contribution in [0.2, 0.25) is 5.02 Å². The standard InChI is InChI=1S/C23H22ClN3O5S/c1-27(2)33(30,31)21-11-5-8-18(14-21)23(29)26-25-22(28)17-7-4-10-20(13-17)32-15-16-6-3-9-19(24)12-16/h3-14H,15H2,1-2H3,(H,25,28)(H,26,29). The first-order valence-corrected chi connectivity index (χ1v) is 11.6. The zero-order chi connectivity index (χ0) is 24.0. The van der Waals surface area contributed by atoms with E-state index in [1.54, 1.807) is 30.3 Å². The number of hydrazine groups is 1. The van der Waals surface area contributed by atoms with Crippen LogP contribution in [0.3, 0.4) is 0 Å². The van der Waals surface area contributed by atoms with Gasteiger partial charge in [-0.15, -0.1) is 0 Å². The van der Waals surface area contributed by atoms with Crippen LogP contribution >= 0.6 is 11.6 Å². The Morgan fingerprint density at radius 1 is 0.879 bits per heavy atom. The number of benzene rings is 3. The first-order chi connectivity index (χ1) is 15.7. The number of nitrogens with one attached hydrogen (secondary N) is 2. The van der Waals surface area contributed by atoms with E-state index < -0.39 is 21.8 Å². The van der Waals surface area contributed by atoms with E-state index in [0.717, 1.165) is 9.87 Å². The van der Waals surface area contributed by atoms with Crippen molar-refractivity contribution >= 4 is 33.4 Å². The van der Waals surface area contributed by atoms with E-state index in [1.165, 1.54) is 44.4 Å². The molecule has 0 heterocycles. The summed E-state index contributed by atoms with van der Waals surface area (Å²) in [6.07, 6.45) is 0. The molecule has 2 N–H and O–H groups in total. The predicted octanol–water partition coefficient (Wildman–Crippen LogP) is 3.24. The van der Waals surface area contributed by atoms with E-state index >= 15 is 0 Å². The maximum Gasteiger partial charge on any atom is 0.269 e. The summed E-state index contributed by atoms with van der Waals surface area (Å²) in [6, 6.07) is 19.2. The molecule has 3 rings (SSSR count). The molecule has 0 aliphatic carbocycles. The lowest BCUT2D eigenvalue weighted by molar-refractivity contribution is 0.0846. The second kappa shape index (κ2) is 10.5. The molecule has 172 valence electrons. The van der Waals surface area contributed by atoms with Crippen molar-refractivity contribution in [1.29, 1.82) is 0 Å². The van der Waals surface area contributed by atoms with Crippen LogP contribution in [0.1, 0.15) is 26.3 Å². The smallest absolute Gasteiger partial charge is 0.269 e. The van der Waals surface area contributed by atoms with Crippen LogP contribution in [0.5, 0.6) is 5.75 Å². The van der Waals surface area contributed by atoms with E-state index in [1.807, 2.05) is 12.1 Å². The molecular formula is C23H22ClN3O5S. The highest BCUT2D eigenvalue weighted by Crippen LogP contribution is 2.17. The van der Waals surface area contributed by atoms with Gasteiger partial charge in [-0.2, -0.15) is 0 Å². The molecule has 0 atom stereocenters. The van der Waals surface area contributed by atoms with E-state index in [0.29, 0.717) is 10.8 Å². The average Bonchev–Trinajstić information content (AvgIpc) is 2.81. The van der Waals surface area contributed by atoms with Crippen LogP contribution in [-0.4, -0.2) is 38.6 Å². The van der Waals surface area contributed by atoms with Crippen LogP contribution in [0, 0.1) is 0 Å². The maximum atomic E-state index is 12.5. The van der Waals surface area contributed by atoms with Gasteiger partial charge in [0.1, 0.15) is 12.4 Å². The van der Waals surface area contributed by atoms with Crippen molar-refractivity contribution in [3.8, 4) is 5.75 Å². The Kier molecular flexibility index (Phi) is 7.70. The first kappa shape index (κ1) is 24.2. The van der Waals surface area contributed by atoms with Gasteiger partial charge in [0, 0.05) is 30.2 Å². The average molecular weight is 488 g/mol. The topological polar surface area (TPSA) is 105 Å². The van der Waals surface area contributed by atoms with Gasteiger partial charge >= 0.3 is 0 Å². The molecule has 10 heteroatoms. The zero-order valence-electron chi connectivity index (χ0n) is 17.9. The predicted molar refractivity (Wildman–Crippen MR) is 124 cm³/mol. The van der Waals surface area contributed by atoms with Crippen LogP contribution in [0.25, 0.3) is 0 Å². The number of rotatable bonds is 7. The highest BCUT2D eigenvalue weighted by atomic mass is 35.5. The maximum absolute atomic E-state index is 12.5. The number of hydrogen-bond acceptors (Lipinski definition) is 5.